The molecular formula is C16H26N2O3. The van der Waals surface area contributed by atoms with Gasteiger partial charge in [-0.15, -0.1) is 0 Å². The van der Waals surface area contributed by atoms with Crippen LogP contribution in [0.5, 0.6) is 0 Å². The minimum absolute atomic E-state index is 0.0738. The fourth-order valence-electron chi connectivity index (χ4n) is 3.05. The summed E-state index contributed by atoms with van der Waals surface area (Å²) in [5.74, 6) is 1.88. The first-order valence-corrected chi connectivity index (χ1v) is 7.81. The topological polar surface area (TPSA) is 74.5 Å². The van der Waals surface area contributed by atoms with E-state index in [9.17, 15) is 9.90 Å². The van der Waals surface area contributed by atoms with Gasteiger partial charge in [-0.3, -0.25) is 0 Å². The first-order chi connectivity index (χ1) is 10.1. The van der Waals surface area contributed by atoms with Crippen LogP contribution in [0.4, 0.5) is 4.79 Å². The quantitative estimate of drug-likeness (QED) is 0.747. The fraction of sp³-hybridized carbons (Fsp3) is 0.688. The summed E-state index contributed by atoms with van der Waals surface area (Å²) in [6.07, 6.45) is 5.37. The third kappa shape index (κ3) is 4.49. The Morgan fingerprint density at radius 3 is 2.76 bits per heavy atom. The molecule has 0 bridgehead atoms. The van der Waals surface area contributed by atoms with Crippen LogP contribution in [0.2, 0.25) is 0 Å². The molecule has 0 radical (unpaired) electrons. The summed E-state index contributed by atoms with van der Waals surface area (Å²) in [5.41, 5.74) is 1.00. The van der Waals surface area contributed by atoms with Crippen LogP contribution in [0, 0.1) is 19.8 Å². The Bertz CT molecular complexity index is 470. The second-order valence-corrected chi connectivity index (χ2v) is 5.95. The van der Waals surface area contributed by atoms with Crippen molar-refractivity contribution in [2.45, 2.75) is 58.5 Å². The zero-order valence-electron chi connectivity index (χ0n) is 12.9. The second kappa shape index (κ2) is 7.50. The molecule has 1 saturated carbocycles. The molecule has 118 valence electrons. The van der Waals surface area contributed by atoms with Gasteiger partial charge in [0.1, 0.15) is 11.5 Å². The number of aryl methyl sites for hydroxylation is 2. The predicted octanol–water partition coefficient (Wildman–Crippen LogP) is 2.64. The second-order valence-electron chi connectivity index (χ2n) is 5.95. The lowest BCUT2D eigenvalue weighted by Gasteiger charge is -2.24. The smallest absolute Gasteiger partial charge is 0.315 e. The SMILES string of the molecule is Cc1cc(CNC(=O)NC2CCCCCC2CO)c(C)o1. The molecule has 1 aliphatic carbocycles. The van der Waals surface area contributed by atoms with E-state index in [2.05, 4.69) is 10.6 Å². The van der Waals surface area contributed by atoms with E-state index in [4.69, 9.17) is 4.42 Å². The molecule has 2 atom stereocenters. The number of rotatable bonds is 4. The van der Waals surface area contributed by atoms with Crippen LogP contribution in [0.1, 0.15) is 49.2 Å². The number of nitrogens with one attached hydrogen (secondary N) is 2. The van der Waals surface area contributed by atoms with Crippen molar-refractivity contribution < 1.29 is 14.3 Å². The highest BCUT2D eigenvalue weighted by molar-refractivity contribution is 5.74. The summed E-state index contributed by atoms with van der Waals surface area (Å²) in [6.45, 7) is 4.40. The van der Waals surface area contributed by atoms with E-state index in [1.54, 1.807) is 0 Å². The average molecular weight is 294 g/mol. The highest BCUT2D eigenvalue weighted by Crippen LogP contribution is 2.23. The Morgan fingerprint density at radius 1 is 1.33 bits per heavy atom. The predicted molar refractivity (Wildman–Crippen MR) is 81.0 cm³/mol. The summed E-state index contributed by atoms with van der Waals surface area (Å²) in [5, 5.41) is 15.4. The number of hydrogen-bond donors (Lipinski definition) is 3. The van der Waals surface area contributed by atoms with Crippen molar-refractivity contribution in [3.8, 4) is 0 Å². The van der Waals surface area contributed by atoms with Crippen molar-refractivity contribution in [3.63, 3.8) is 0 Å². The number of aliphatic hydroxyl groups is 1. The summed E-state index contributed by atoms with van der Waals surface area (Å²) >= 11 is 0. The van der Waals surface area contributed by atoms with Gasteiger partial charge in [-0.25, -0.2) is 4.79 Å². The van der Waals surface area contributed by atoms with Gasteiger partial charge in [0.05, 0.1) is 0 Å². The summed E-state index contributed by atoms with van der Waals surface area (Å²) in [6, 6.07) is 1.85. The maximum Gasteiger partial charge on any atom is 0.315 e. The zero-order valence-corrected chi connectivity index (χ0v) is 12.9. The van der Waals surface area contributed by atoms with E-state index in [0.29, 0.717) is 6.54 Å². The zero-order chi connectivity index (χ0) is 15.2. The van der Waals surface area contributed by atoms with Gasteiger partial charge in [0.15, 0.2) is 0 Å². The summed E-state index contributed by atoms with van der Waals surface area (Å²) in [4.78, 5) is 12.0. The highest BCUT2D eigenvalue weighted by atomic mass is 16.3. The van der Waals surface area contributed by atoms with Crippen molar-refractivity contribution in [2.24, 2.45) is 5.92 Å². The van der Waals surface area contributed by atoms with Gasteiger partial charge in [0.2, 0.25) is 0 Å². The number of carbonyl (C=O) groups excluding carboxylic acids is 1. The van der Waals surface area contributed by atoms with Gasteiger partial charge in [0.25, 0.3) is 0 Å². The molecule has 5 heteroatoms. The maximum atomic E-state index is 12.0. The van der Waals surface area contributed by atoms with E-state index in [0.717, 1.165) is 42.8 Å². The van der Waals surface area contributed by atoms with Crippen molar-refractivity contribution in [1.29, 1.82) is 0 Å². The first-order valence-electron chi connectivity index (χ1n) is 7.81. The molecule has 1 aliphatic rings. The van der Waals surface area contributed by atoms with Gasteiger partial charge in [-0.05, 0) is 32.8 Å². The van der Waals surface area contributed by atoms with Crippen molar-refractivity contribution in [3.05, 3.63) is 23.2 Å². The van der Waals surface area contributed by atoms with Crippen LogP contribution in [0.15, 0.2) is 10.5 Å². The highest BCUT2D eigenvalue weighted by Gasteiger charge is 2.24. The van der Waals surface area contributed by atoms with Crippen molar-refractivity contribution >= 4 is 6.03 Å². The normalized spacial score (nSPS) is 22.6. The minimum Gasteiger partial charge on any atom is -0.466 e. The molecule has 0 aliphatic heterocycles. The Balaban J connectivity index is 1.84. The third-order valence-corrected chi connectivity index (χ3v) is 4.29. The van der Waals surface area contributed by atoms with E-state index in [1.165, 1.54) is 6.42 Å². The molecule has 5 nitrogen and oxygen atoms in total. The van der Waals surface area contributed by atoms with Gasteiger partial charge < -0.3 is 20.2 Å². The van der Waals surface area contributed by atoms with Crippen LogP contribution in [-0.2, 0) is 6.54 Å². The molecule has 2 amide bonds. The van der Waals surface area contributed by atoms with E-state index < -0.39 is 0 Å². The van der Waals surface area contributed by atoms with Gasteiger partial charge in [-0.2, -0.15) is 0 Å². The molecule has 1 heterocycles. The Morgan fingerprint density at radius 2 is 2.10 bits per heavy atom. The molecule has 1 aromatic heterocycles. The average Bonchev–Trinajstić information content (AvgIpc) is 2.64. The van der Waals surface area contributed by atoms with E-state index in [-0.39, 0.29) is 24.6 Å². The number of carbonyl (C=O) groups is 1. The monoisotopic (exact) mass is 294 g/mol. The fourth-order valence-corrected chi connectivity index (χ4v) is 3.05. The van der Waals surface area contributed by atoms with Crippen molar-refractivity contribution in [2.75, 3.05) is 6.61 Å². The molecule has 3 N–H and O–H groups in total. The molecule has 2 unspecified atom stereocenters. The van der Waals surface area contributed by atoms with Gasteiger partial charge >= 0.3 is 6.03 Å². The molecule has 0 spiro atoms. The number of aliphatic hydroxyl groups excluding tert-OH is 1. The maximum absolute atomic E-state index is 12.0. The Hall–Kier alpha value is -1.49. The summed E-state index contributed by atoms with van der Waals surface area (Å²) < 4.78 is 5.44. The van der Waals surface area contributed by atoms with Crippen LogP contribution < -0.4 is 10.6 Å². The van der Waals surface area contributed by atoms with Gasteiger partial charge in [0, 0.05) is 30.7 Å². The molecule has 1 aromatic rings. The Labute approximate surface area is 126 Å². The van der Waals surface area contributed by atoms with Crippen LogP contribution in [0.3, 0.4) is 0 Å². The van der Waals surface area contributed by atoms with Crippen LogP contribution in [0.25, 0.3) is 0 Å². The minimum atomic E-state index is -0.168. The molecule has 0 saturated heterocycles. The lowest BCUT2D eigenvalue weighted by Crippen LogP contribution is -2.45. The molecule has 0 aromatic carbocycles. The molecule has 21 heavy (non-hydrogen) atoms. The summed E-state index contributed by atoms with van der Waals surface area (Å²) in [7, 11) is 0. The lowest BCUT2D eigenvalue weighted by molar-refractivity contribution is 0.179. The lowest BCUT2D eigenvalue weighted by atomic mass is 9.96. The molecular weight excluding hydrogens is 268 g/mol. The largest absolute Gasteiger partial charge is 0.466 e. The first kappa shape index (κ1) is 15.9. The number of hydrogen-bond acceptors (Lipinski definition) is 3. The standard InChI is InChI=1S/C16H26N2O3/c1-11-8-14(12(2)21-11)9-17-16(20)18-15-7-5-3-4-6-13(15)10-19/h8,13,15,19H,3-7,9-10H2,1-2H3,(H2,17,18,20). The van der Waals surface area contributed by atoms with Crippen molar-refractivity contribution in [1.82, 2.24) is 10.6 Å². The van der Waals surface area contributed by atoms with Gasteiger partial charge in [-0.1, -0.05) is 19.3 Å². The number of amides is 2. The molecule has 1 fully saturated rings. The van der Waals surface area contributed by atoms with Crippen LogP contribution in [-0.4, -0.2) is 23.8 Å². The van der Waals surface area contributed by atoms with E-state index in [1.807, 2.05) is 19.9 Å². The molecule has 2 rings (SSSR count). The Kier molecular flexibility index (Phi) is 5.67. The third-order valence-electron chi connectivity index (χ3n) is 4.29. The van der Waals surface area contributed by atoms with E-state index >= 15 is 0 Å². The van der Waals surface area contributed by atoms with Crippen LogP contribution >= 0.6 is 0 Å². The number of furan rings is 1. The number of urea groups is 1.